The number of nitrogens with zero attached hydrogens (tertiary/aromatic N) is 3. The third kappa shape index (κ3) is 5.05. The van der Waals surface area contributed by atoms with E-state index in [2.05, 4.69) is 15.2 Å². The first kappa shape index (κ1) is 20.9. The number of rotatable bonds is 4. The molecule has 1 aliphatic rings. The molecule has 3 heterocycles. The first-order chi connectivity index (χ1) is 15.0. The Kier molecular flexibility index (Phi) is 6.22. The van der Waals surface area contributed by atoms with E-state index in [1.54, 1.807) is 12.1 Å². The first-order valence-electron chi connectivity index (χ1n) is 9.81. The molecule has 0 unspecified atom stereocenters. The van der Waals surface area contributed by atoms with Crippen LogP contribution in [0.1, 0.15) is 26.5 Å². The lowest BCUT2D eigenvalue weighted by molar-refractivity contribution is 0.0771. The van der Waals surface area contributed by atoms with Gasteiger partial charge in [0, 0.05) is 37.8 Å². The highest BCUT2D eigenvalue weighted by Gasteiger charge is 2.21. The van der Waals surface area contributed by atoms with Gasteiger partial charge in [-0.05, 0) is 42.1 Å². The summed E-state index contributed by atoms with van der Waals surface area (Å²) in [6, 6.07) is 9.83. The molecule has 1 saturated heterocycles. The molecule has 0 radical (unpaired) electrons. The summed E-state index contributed by atoms with van der Waals surface area (Å²) in [7, 11) is 0. The topological polar surface area (TPSA) is 65.5 Å². The van der Waals surface area contributed by atoms with Crippen LogP contribution < -0.4 is 10.2 Å². The van der Waals surface area contributed by atoms with Gasteiger partial charge in [-0.3, -0.25) is 9.59 Å². The number of hydrogen-bond acceptors (Lipinski definition) is 5. The summed E-state index contributed by atoms with van der Waals surface area (Å²) in [5, 5.41) is 4.48. The Hall–Kier alpha value is -3.33. The highest BCUT2D eigenvalue weighted by Crippen LogP contribution is 2.19. The van der Waals surface area contributed by atoms with E-state index in [1.807, 2.05) is 22.4 Å². The Morgan fingerprint density at radius 3 is 2.48 bits per heavy atom. The van der Waals surface area contributed by atoms with Gasteiger partial charge in [-0.1, -0.05) is 6.07 Å². The van der Waals surface area contributed by atoms with Crippen molar-refractivity contribution in [3.8, 4) is 0 Å². The van der Waals surface area contributed by atoms with E-state index < -0.39 is 17.5 Å². The van der Waals surface area contributed by atoms with Gasteiger partial charge in [0.25, 0.3) is 11.8 Å². The Labute approximate surface area is 182 Å². The molecular formula is C22H20F2N4O2S. The quantitative estimate of drug-likeness (QED) is 0.663. The summed E-state index contributed by atoms with van der Waals surface area (Å²) < 4.78 is 26.6. The average Bonchev–Trinajstić information content (AvgIpc) is 3.18. The van der Waals surface area contributed by atoms with Gasteiger partial charge >= 0.3 is 0 Å². The smallest absolute Gasteiger partial charge is 0.263 e. The van der Waals surface area contributed by atoms with Crippen LogP contribution in [0.2, 0.25) is 0 Å². The highest BCUT2D eigenvalue weighted by atomic mass is 32.1. The molecule has 0 bridgehead atoms. The second-order valence-corrected chi connectivity index (χ2v) is 8.08. The minimum Gasteiger partial charge on any atom is -0.355 e. The third-order valence-electron chi connectivity index (χ3n) is 4.97. The molecule has 0 aliphatic carbocycles. The maximum atomic E-state index is 13.3. The van der Waals surface area contributed by atoms with E-state index >= 15 is 0 Å². The Morgan fingerprint density at radius 2 is 1.81 bits per heavy atom. The van der Waals surface area contributed by atoms with Gasteiger partial charge in [0.1, 0.15) is 17.5 Å². The van der Waals surface area contributed by atoms with E-state index in [-0.39, 0.29) is 11.5 Å². The largest absolute Gasteiger partial charge is 0.355 e. The number of nitrogens with one attached hydrogen (secondary N) is 1. The maximum Gasteiger partial charge on any atom is 0.263 e. The molecule has 1 N–H and O–H groups in total. The van der Waals surface area contributed by atoms with Gasteiger partial charge in [-0.2, -0.15) is 0 Å². The maximum absolute atomic E-state index is 13.3. The second-order valence-electron chi connectivity index (χ2n) is 7.13. The van der Waals surface area contributed by atoms with Crippen LogP contribution in [-0.2, 0) is 0 Å². The predicted molar refractivity (Wildman–Crippen MR) is 116 cm³/mol. The molecule has 4 rings (SSSR count). The van der Waals surface area contributed by atoms with Crippen molar-refractivity contribution in [1.82, 2.24) is 9.88 Å². The fourth-order valence-corrected chi connectivity index (χ4v) is 4.13. The fourth-order valence-electron chi connectivity index (χ4n) is 3.44. The van der Waals surface area contributed by atoms with Gasteiger partial charge in [-0.25, -0.2) is 13.8 Å². The number of halogens is 2. The normalized spacial score (nSPS) is 14.3. The van der Waals surface area contributed by atoms with Crippen molar-refractivity contribution in [1.29, 1.82) is 0 Å². The third-order valence-corrected chi connectivity index (χ3v) is 5.83. The summed E-state index contributed by atoms with van der Waals surface area (Å²) in [6.07, 6.45) is 2.32. The van der Waals surface area contributed by atoms with Crippen LogP contribution >= 0.6 is 11.3 Å². The minimum absolute atomic E-state index is 0.0525. The number of amides is 2. The number of hydrogen-bond donors (Lipinski definition) is 1. The van der Waals surface area contributed by atoms with Crippen molar-refractivity contribution in [2.45, 2.75) is 6.42 Å². The lowest BCUT2D eigenvalue weighted by Gasteiger charge is -2.22. The summed E-state index contributed by atoms with van der Waals surface area (Å²) >= 11 is 1.44. The summed E-state index contributed by atoms with van der Waals surface area (Å²) in [4.78, 5) is 33.9. The lowest BCUT2D eigenvalue weighted by Crippen LogP contribution is -2.35. The average molecular weight is 442 g/mol. The molecule has 160 valence electrons. The van der Waals surface area contributed by atoms with Gasteiger partial charge in [0.05, 0.1) is 16.8 Å². The van der Waals surface area contributed by atoms with Crippen LogP contribution in [0.25, 0.3) is 0 Å². The van der Waals surface area contributed by atoms with Crippen LogP contribution in [-0.4, -0.2) is 47.9 Å². The van der Waals surface area contributed by atoms with Crippen molar-refractivity contribution in [3.63, 3.8) is 0 Å². The molecule has 0 spiro atoms. The molecule has 1 fully saturated rings. The van der Waals surface area contributed by atoms with Crippen LogP contribution in [0, 0.1) is 11.6 Å². The standard InChI is InChI=1S/C22H20F2N4O2S/c23-16-11-15(12-17(24)13-16)21(29)26-18-4-5-20(25-14-18)27-6-2-7-28(9-8-27)22(30)19-3-1-10-31-19/h1,3-5,10-14H,2,6-9H2,(H,26,29). The number of aromatic nitrogens is 1. The zero-order valence-electron chi connectivity index (χ0n) is 16.6. The first-order valence-corrected chi connectivity index (χ1v) is 10.7. The molecule has 31 heavy (non-hydrogen) atoms. The van der Waals surface area contributed by atoms with E-state index in [0.717, 1.165) is 35.8 Å². The highest BCUT2D eigenvalue weighted by molar-refractivity contribution is 7.12. The fraction of sp³-hybridized carbons (Fsp3) is 0.227. The molecule has 1 aromatic carbocycles. The molecular weight excluding hydrogens is 422 g/mol. The van der Waals surface area contributed by atoms with Gasteiger partial charge < -0.3 is 15.1 Å². The van der Waals surface area contributed by atoms with Gasteiger partial charge in [0.15, 0.2) is 0 Å². The summed E-state index contributed by atoms with van der Waals surface area (Å²) in [5.74, 6) is -1.46. The van der Waals surface area contributed by atoms with Crippen LogP contribution in [0.4, 0.5) is 20.3 Å². The van der Waals surface area contributed by atoms with Crippen molar-refractivity contribution in [2.75, 3.05) is 36.4 Å². The molecule has 2 amide bonds. The molecule has 2 aromatic heterocycles. The monoisotopic (exact) mass is 442 g/mol. The van der Waals surface area contributed by atoms with Gasteiger partial charge in [0.2, 0.25) is 0 Å². The van der Waals surface area contributed by atoms with Crippen LogP contribution in [0.5, 0.6) is 0 Å². The number of anilines is 2. The number of thiophene rings is 1. The predicted octanol–water partition coefficient (Wildman–Crippen LogP) is 4.03. The molecule has 9 heteroatoms. The number of carbonyl (C=O) groups excluding carboxylic acids is 2. The van der Waals surface area contributed by atoms with Crippen LogP contribution in [0.15, 0.2) is 54.0 Å². The van der Waals surface area contributed by atoms with E-state index in [0.29, 0.717) is 31.4 Å². The lowest BCUT2D eigenvalue weighted by atomic mass is 10.2. The van der Waals surface area contributed by atoms with E-state index in [9.17, 15) is 18.4 Å². The minimum atomic E-state index is -0.814. The molecule has 3 aromatic rings. The molecule has 0 saturated carbocycles. The second kappa shape index (κ2) is 9.22. The number of pyridine rings is 1. The Morgan fingerprint density at radius 1 is 1.00 bits per heavy atom. The van der Waals surface area contributed by atoms with Crippen molar-refractivity contribution < 1.29 is 18.4 Å². The van der Waals surface area contributed by atoms with Crippen LogP contribution in [0.3, 0.4) is 0 Å². The Bertz CT molecular complexity index is 1050. The molecule has 0 atom stereocenters. The van der Waals surface area contributed by atoms with Crippen molar-refractivity contribution >= 4 is 34.7 Å². The zero-order valence-corrected chi connectivity index (χ0v) is 17.4. The van der Waals surface area contributed by atoms with Crippen molar-refractivity contribution in [2.24, 2.45) is 0 Å². The van der Waals surface area contributed by atoms with Gasteiger partial charge in [-0.15, -0.1) is 11.3 Å². The summed E-state index contributed by atoms with van der Waals surface area (Å²) in [5.41, 5.74) is 0.312. The Balaban J connectivity index is 1.37. The molecule has 6 nitrogen and oxygen atoms in total. The summed E-state index contributed by atoms with van der Waals surface area (Å²) in [6.45, 7) is 2.70. The zero-order chi connectivity index (χ0) is 21.8. The number of benzene rings is 1. The molecule has 1 aliphatic heterocycles. The SMILES string of the molecule is O=C(Nc1ccc(N2CCCN(C(=O)c3cccs3)CC2)nc1)c1cc(F)cc(F)c1. The van der Waals surface area contributed by atoms with E-state index in [1.165, 1.54) is 17.5 Å². The van der Waals surface area contributed by atoms with Crippen molar-refractivity contribution in [3.05, 3.63) is 76.1 Å². The van der Waals surface area contributed by atoms with E-state index in [4.69, 9.17) is 0 Å². The number of carbonyl (C=O) groups is 2.